The Bertz CT molecular complexity index is 770. The van der Waals surface area contributed by atoms with Crippen molar-refractivity contribution in [1.29, 1.82) is 0 Å². The fourth-order valence-electron chi connectivity index (χ4n) is 2.48. The van der Waals surface area contributed by atoms with Gasteiger partial charge in [0.1, 0.15) is 0 Å². The van der Waals surface area contributed by atoms with E-state index in [1.807, 2.05) is 46.6 Å². The summed E-state index contributed by atoms with van der Waals surface area (Å²) in [6.45, 7) is 0.729. The number of carboxylic acids is 1. The van der Waals surface area contributed by atoms with E-state index in [-0.39, 0.29) is 0 Å². The predicted octanol–water partition coefficient (Wildman–Crippen LogP) is 2.32. The molecule has 0 aliphatic heterocycles. The first-order valence-corrected chi connectivity index (χ1v) is 6.45. The van der Waals surface area contributed by atoms with E-state index in [4.69, 9.17) is 0 Å². The second kappa shape index (κ2) is 4.85. The number of carbonyl (C=O) groups is 1. The zero-order valence-corrected chi connectivity index (χ0v) is 11.2. The van der Waals surface area contributed by atoms with Crippen molar-refractivity contribution in [1.82, 2.24) is 14.3 Å². The molecule has 0 aliphatic rings. The quantitative estimate of drug-likeness (QED) is 0.790. The summed E-state index contributed by atoms with van der Waals surface area (Å²) < 4.78 is 3.83. The van der Waals surface area contributed by atoms with Crippen LogP contribution in [0.25, 0.3) is 10.9 Å². The Hall–Kier alpha value is -2.56. The van der Waals surface area contributed by atoms with E-state index in [0.717, 1.165) is 29.6 Å². The van der Waals surface area contributed by atoms with Gasteiger partial charge in [-0.3, -0.25) is 4.68 Å². The lowest BCUT2D eigenvalue weighted by Gasteiger charge is -2.05. The topological polar surface area (TPSA) is 60.0 Å². The molecule has 0 saturated heterocycles. The zero-order chi connectivity index (χ0) is 14.1. The third kappa shape index (κ3) is 2.07. The highest BCUT2D eigenvalue weighted by Crippen LogP contribution is 2.21. The number of aromatic nitrogens is 3. The first kappa shape index (κ1) is 12.5. The molecule has 0 amide bonds. The maximum atomic E-state index is 11.3. The highest BCUT2D eigenvalue weighted by Gasteiger charge is 2.13. The predicted molar refractivity (Wildman–Crippen MR) is 75.8 cm³/mol. The maximum absolute atomic E-state index is 11.3. The monoisotopic (exact) mass is 269 g/mol. The Morgan fingerprint density at radius 1 is 1.30 bits per heavy atom. The van der Waals surface area contributed by atoms with Crippen LogP contribution in [0.4, 0.5) is 0 Å². The number of fused-ring (bicyclic) bond motifs is 1. The summed E-state index contributed by atoms with van der Waals surface area (Å²) in [5, 5.41) is 14.2. The summed E-state index contributed by atoms with van der Waals surface area (Å²) in [6.07, 6.45) is 4.30. The molecule has 0 fully saturated rings. The van der Waals surface area contributed by atoms with Crippen molar-refractivity contribution in [3.05, 3.63) is 54.0 Å². The second-order valence-electron chi connectivity index (χ2n) is 4.75. The largest absolute Gasteiger partial charge is 0.478 e. The number of para-hydroxylation sites is 1. The molecular formula is C15H15N3O2. The van der Waals surface area contributed by atoms with Crippen LogP contribution in [-0.2, 0) is 20.0 Å². The summed E-state index contributed by atoms with van der Waals surface area (Å²) in [4.78, 5) is 11.3. The summed E-state index contributed by atoms with van der Waals surface area (Å²) in [5.41, 5.74) is 2.43. The molecule has 5 nitrogen and oxygen atoms in total. The minimum atomic E-state index is -0.888. The minimum absolute atomic E-state index is 0.352. The van der Waals surface area contributed by atoms with Gasteiger partial charge in [-0.15, -0.1) is 0 Å². The van der Waals surface area contributed by atoms with Gasteiger partial charge >= 0.3 is 5.97 Å². The Balaban J connectivity index is 1.95. The van der Waals surface area contributed by atoms with Gasteiger partial charge in [-0.05, 0) is 12.1 Å². The lowest BCUT2D eigenvalue weighted by molar-refractivity contribution is 0.0699. The van der Waals surface area contributed by atoms with Crippen LogP contribution in [0.5, 0.6) is 0 Å². The van der Waals surface area contributed by atoms with E-state index >= 15 is 0 Å². The van der Waals surface area contributed by atoms with Crippen molar-refractivity contribution in [3.63, 3.8) is 0 Å². The molecular weight excluding hydrogens is 254 g/mol. The number of carboxylic acid groups (broad SMARTS) is 1. The second-order valence-corrected chi connectivity index (χ2v) is 4.75. The smallest absolute Gasteiger partial charge is 0.337 e. The van der Waals surface area contributed by atoms with Crippen molar-refractivity contribution in [2.45, 2.75) is 13.0 Å². The molecule has 0 unspecified atom stereocenters. The van der Waals surface area contributed by atoms with E-state index in [2.05, 4.69) is 5.10 Å². The van der Waals surface area contributed by atoms with Crippen LogP contribution < -0.4 is 0 Å². The molecule has 20 heavy (non-hydrogen) atoms. The standard InChI is InChI=1S/C15H15N3O2/c1-17-11(6-8-16-17)7-9-18-10-13(15(19)20)12-4-2-3-5-14(12)18/h2-6,8,10H,7,9H2,1H3,(H,19,20). The molecule has 1 aromatic carbocycles. The fraction of sp³-hybridized carbons (Fsp3) is 0.200. The normalized spacial score (nSPS) is 11.1. The highest BCUT2D eigenvalue weighted by atomic mass is 16.4. The lowest BCUT2D eigenvalue weighted by atomic mass is 10.2. The molecule has 5 heteroatoms. The van der Waals surface area contributed by atoms with Crippen LogP contribution in [0.1, 0.15) is 16.1 Å². The van der Waals surface area contributed by atoms with Gasteiger partial charge in [0.15, 0.2) is 0 Å². The van der Waals surface area contributed by atoms with Gasteiger partial charge in [0.05, 0.1) is 5.56 Å². The average molecular weight is 269 g/mol. The first-order chi connectivity index (χ1) is 9.66. The highest BCUT2D eigenvalue weighted by molar-refractivity contribution is 6.03. The van der Waals surface area contributed by atoms with Crippen molar-refractivity contribution < 1.29 is 9.90 Å². The van der Waals surface area contributed by atoms with E-state index in [9.17, 15) is 9.90 Å². The van der Waals surface area contributed by atoms with Crippen LogP contribution >= 0.6 is 0 Å². The van der Waals surface area contributed by atoms with E-state index < -0.39 is 5.97 Å². The molecule has 0 aliphatic carbocycles. The van der Waals surface area contributed by atoms with Gasteiger partial charge in [-0.1, -0.05) is 18.2 Å². The minimum Gasteiger partial charge on any atom is -0.478 e. The number of hydrogen-bond acceptors (Lipinski definition) is 2. The Kier molecular flexibility index (Phi) is 3.02. The number of hydrogen-bond donors (Lipinski definition) is 1. The molecule has 0 bridgehead atoms. The number of benzene rings is 1. The Morgan fingerprint density at radius 2 is 2.10 bits per heavy atom. The number of nitrogens with zero attached hydrogens (tertiary/aromatic N) is 3. The summed E-state index contributed by atoms with van der Waals surface area (Å²) in [5.74, 6) is -0.888. The third-order valence-corrected chi connectivity index (χ3v) is 3.55. The van der Waals surface area contributed by atoms with Crippen molar-refractivity contribution in [2.24, 2.45) is 7.05 Å². The van der Waals surface area contributed by atoms with Crippen LogP contribution in [0.15, 0.2) is 42.7 Å². The molecule has 3 rings (SSSR count). The molecule has 102 valence electrons. The first-order valence-electron chi connectivity index (χ1n) is 6.45. The van der Waals surface area contributed by atoms with Crippen LogP contribution in [0.3, 0.4) is 0 Å². The summed E-state index contributed by atoms with van der Waals surface area (Å²) in [7, 11) is 1.91. The van der Waals surface area contributed by atoms with E-state index in [0.29, 0.717) is 5.56 Å². The molecule has 0 atom stereocenters. The maximum Gasteiger partial charge on any atom is 0.337 e. The summed E-state index contributed by atoms with van der Waals surface area (Å²) in [6, 6.07) is 9.56. The van der Waals surface area contributed by atoms with Crippen LogP contribution in [0, 0.1) is 0 Å². The van der Waals surface area contributed by atoms with Crippen molar-refractivity contribution in [3.8, 4) is 0 Å². The zero-order valence-electron chi connectivity index (χ0n) is 11.2. The molecule has 0 radical (unpaired) electrons. The fourth-order valence-corrected chi connectivity index (χ4v) is 2.48. The Labute approximate surface area is 116 Å². The van der Waals surface area contributed by atoms with Crippen molar-refractivity contribution in [2.75, 3.05) is 0 Å². The van der Waals surface area contributed by atoms with Crippen molar-refractivity contribution >= 4 is 16.9 Å². The number of aromatic carboxylic acids is 1. The molecule has 0 spiro atoms. The van der Waals surface area contributed by atoms with Gasteiger partial charge in [0, 0.05) is 49.0 Å². The Morgan fingerprint density at radius 3 is 2.80 bits per heavy atom. The average Bonchev–Trinajstić information content (AvgIpc) is 3.00. The van der Waals surface area contributed by atoms with Gasteiger partial charge < -0.3 is 9.67 Å². The van der Waals surface area contributed by atoms with Gasteiger partial charge in [0.25, 0.3) is 0 Å². The molecule has 1 N–H and O–H groups in total. The van der Waals surface area contributed by atoms with Gasteiger partial charge in [-0.25, -0.2) is 4.79 Å². The number of aryl methyl sites for hydroxylation is 3. The summed E-state index contributed by atoms with van der Waals surface area (Å²) >= 11 is 0. The SMILES string of the molecule is Cn1nccc1CCn1cc(C(=O)O)c2ccccc21. The van der Waals surface area contributed by atoms with Gasteiger partial charge in [0.2, 0.25) is 0 Å². The number of rotatable bonds is 4. The van der Waals surface area contributed by atoms with E-state index in [1.54, 1.807) is 12.4 Å². The van der Waals surface area contributed by atoms with Gasteiger partial charge in [-0.2, -0.15) is 5.10 Å². The van der Waals surface area contributed by atoms with E-state index in [1.165, 1.54) is 0 Å². The van der Waals surface area contributed by atoms with Crippen LogP contribution in [-0.4, -0.2) is 25.4 Å². The lowest BCUT2D eigenvalue weighted by Crippen LogP contribution is -2.04. The molecule has 3 aromatic rings. The molecule has 2 aromatic heterocycles. The third-order valence-electron chi connectivity index (χ3n) is 3.55. The van der Waals surface area contributed by atoms with Crippen LogP contribution in [0.2, 0.25) is 0 Å². The molecule has 2 heterocycles. The molecule has 0 saturated carbocycles.